The van der Waals surface area contributed by atoms with Gasteiger partial charge >= 0.3 is 0 Å². The van der Waals surface area contributed by atoms with Crippen molar-refractivity contribution in [3.63, 3.8) is 0 Å². The van der Waals surface area contributed by atoms with Crippen molar-refractivity contribution in [2.45, 2.75) is 13.8 Å². The average Bonchev–Trinajstić information content (AvgIpc) is 2.06. The van der Waals surface area contributed by atoms with Gasteiger partial charge in [0, 0.05) is 13.1 Å². The molecule has 6 heteroatoms. The summed E-state index contributed by atoms with van der Waals surface area (Å²) in [7, 11) is 0. The zero-order chi connectivity index (χ0) is 10.4. The van der Waals surface area contributed by atoms with Crippen LogP contribution in [0.4, 0.5) is 0 Å². The van der Waals surface area contributed by atoms with Crippen LogP contribution in [0.2, 0.25) is 0 Å². The van der Waals surface area contributed by atoms with E-state index in [0.717, 1.165) is 13.1 Å². The van der Waals surface area contributed by atoms with Crippen molar-refractivity contribution in [1.82, 2.24) is 4.90 Å². The lowest BCUT2D eigenvalue weighted by atomic mass is 10.6. The Hall–Kier alpha value is 0.370. The van der Waals surface area contributed by atoms with Crippen molar-refractivity contribution in [3.8, 4) is 0 Å². The van der Waals surface area contributed by atoms with E-state index in [-0.39, 0.29) is 14.9 Å². The Balaban J connectivity index is 4.56. The molecule has 0 saturated carbocycles. The van der Waals surface area contributed by atoms with Gasteiger partial charge in [0.15, 0.2) is 10.5 Å². The summed E-state index contributed by atoms with van der Waals surface area (Å²) in [5.41, 5.74) is 0. The molecule has 0 aliphatic carbocycles. The Labute approximate surface area is 98.1 Å². The highest BCUT2D eigenvalue weighted by atomic mass is 35.5. The first-order valence-electron chi connectivity index (χ1n) is 3.72. The van der Waals surface area contributed by atoms with Gasteiger partial charge in [0.05, 0.1) is 0 Å². The third-order valence-corrected chi connectivity index (χ3v) is 2.52. The van der Waals surface area contributed by atoms with Crippen LogP contribution >= 0.6 is 46.4 Å². The van der Waals surface area contributed by atoms with E-state index in [0.29, 0.717) is 0 Å². The maximum Gasteiger partial charge on any atom is 0.200 e. The van der Waals surface area contributed by atoms with Crippen molar-refractivity contribution < 1.29 is 0 Å². The lowest BCUT2D eigenvalue weighted by Crippen LogP contribution is -2.26. The molecule has 0 heterocycles. The highest BCUT2D eigenvalue weighted by Gasteiger charge is 2.05. The SMILES string of the molecule is CCN(CC)/C(Cl)=N/C(Cl)=C(Cl)Cl. The standard InChI is InChI=1S/C7H10Cl4N2/c1-3-13(4-2)7(11)12-6(10)5(8)9/h3-4H2,1-2H3/b12-7+. The Morgan fingerprint density at radius 2 is 1.54 bits per heavy atom. The molecule has 0 amide bonds. The first-order chi connectivity index (χ1) is 6.02. The first kappa shape index (κ1) is 13.4. The number of amidine groups is 1. The summed E-state index contributed by atoms with van der Waals surface area (Å²) >= 11 is 22.2. The van der Waals surface area contributed by atoms with Crippen LogP contribution in [0.25, 0.3) is 0 Å². The van der Waals surface area contributed by atoms with E-state index < -0.39 is 0 Å². The van der Waals surface area contributed by atoms with Gasteiger partial charge in [-0.25, -0.2) is 4.99 Å². The van der Waals surface area contributed by atoms with E-state index in [1.165, 1.54) is 0 Å². The summed E-state index contributed by atoms with van der Waals surface area (Å²) in [5.74, 6) is 0. The van der Waals surface area contributed by atoms with Gasteiger partial charge in [-0.3, -0.25) is 0 Å². The van der Waals surface area contributed by atoms with Crippen molar-refractivity contribution >= 4 is 51.7 Å². The monoisotopic (exact) mass is 262 g/mol. The maximum atomic E-state index is 5.83. The molecule has 0 aliphatic heterocycles. The predicted molar refractivity (Wildman–Crippen MR) is 60.8 cm³/mol. The molecule has 76 valence electrons. The van der Waals surface area contributed by atoms with Crippen molar-refractivity contribution in [3.05, 3.63) is 9.65 Å². The van der Waals surface area contributed by atoms with Gasteiger partial charge in [0.2, 0.25) is 0 Å². The predicted octanol–water partition coefficient (Wildman–Crippen LogP) is 3.77. The minimum atomic E-state index is -0.0908. The zero-order valence-corrected chi connectivity index (χ0v) is 10.3. The molecule has 0 aromatic heterocycles. The van der Waals surface area contributed by atoms with Crippen molar-refractivity contribution in [2.75, 3.05) is 13.1 Å². The van der Waals surface area contributed by atoms with Gasteiger partial charge in [-0.2, -0.15) is 0 Å². The van der Waals surface area contributed by atoms with Crippen LogP contribution in [-0.2, 0) is 0 Å². The van der Waals surface area contributed by atoms with E-state index in [4.69, 9.17) is 46.4 Å². The molecule has 0 fully saturated rings. The Kier molecular flexibility index (Phi) is 6.96. The van der Waals surface area contributed by atoms with Gasteiger partial charge in [0.1, 0.15) is 4.49 Å². The molecule has 0 bridgehead atoms. The fraction of sp³-hybridized carbons (Fsp3) is 0.571. The second-order valence-electron chi connectivity index (χ2n) is 2.10. The summed E-state index contributed by atoms with van der Waals surface area (Å²) in [4.78, 5) is 5.63. The van der Waals surface area contributed by atoms with Gasteiger partial charge in [0.25, 0.3) is 0 Å². The lowest BCUT2D eigenvalue weighted by molar-refractivity contribution is 0.473. The van der Waals surface area contributed by atoms with Crippen molar-refractivity contribution in [1.29, 1.82) is 0 Å². The number of rotatable bonds is 3. The van der Waals surface area contributed by atoms with Gasteiger partial charge < -0.3 is 4.90 Å². The normalized spacial score (nSPS) is 11.4. The molecule has 0 aromatic rings. The summed E-state index contributed by atoms with van der Waals surface area (Å²) < 4.78 is -0.0908. The maximum absolute atomic E-state index is 5.83. The minimum Gasteiger partial charge on any atom is -0.347 e. The summed E-state index contributed by atoms with van der Waals surface area (Å²) in [5, 5.41) is 0.286. The molecule has 0 rings (SSSR count). The molecule has 0 aromatic carbocycles. The Morgan fingerprint density at radius 1 is 1.08 bits per heavy atom. The fourth-order valence-corrected chi connectivity index (χ4v) is 1.21. The highest BCUT2D eigenvalue weighted by Crippen LogP contribution is 2.19. The molecule has 0 saturated heterocycles. The largest absolute Gasteiger partial charge is 0.347 e. The van der Waals surface area contributed by atoms with Crippen LogP contribution in [-0.4, -0.2) is 23.3 Å². The first-order valence-corrected chi connectivity index (χ1v) is 5.24. The van der Waals surface area contributed by atoms with Gasteiger partial charge in [-0.15, -0.1) is 0 Å². The highest BCUT2D eigenvalue weighted by molar-refractivity contribution is 6.65. The molecule has 0 aliphatic rings. The Morgan fingerprint density at radius 3 is 1.85 bits per heavy atom. The van der Waals surface area contributed by atoms with Crippen LogP contribution < -0.4 is 0 Å². The number of hydrogen-bond acceptors (Lipinski definition) is 1. The third kappa shape index (κ3) is 4.96. The molecule has 0 unspecified atom stereocenters. The van der Waals surface area contributed by atoms with Crippen LogP contribution in [0.5, 0.6) is 0 Å². The molecular formula is C7H10Cl4N2. The molecule has 0 atom stereocenters. The summed E-state index contributed by atoms with van der Waals surface area (Å²) in [6, 6.07) is 0. The summed E-state index contributed by atoms with van der Waals surface area (Å²) in [6.07, 6.45) is 0. The van der Waals surface area contributed by atoms with E-state index in [1.807, 2.05) is 18.7 Å². The van der Waals surface area contributed by atoms with Crippen molar-refractivity contribution in [2.24, 2.45) is 4.99 Å². The number of halogens is 4. The molecule has 0 N–H and O–H groups in total. The van der Waals surface area contributed by atoms with E-state index in [2.05, 4.69) is 4.99 Å². The van der Waals surface area contributed by atoms with Crippen LogP contribution in [0.15, 0.2) is 14.6 Å². The molecular weight excluding hydrogens is 254 g/mol. The topological polar surface area (TPSA) is 15.6 Å². The number of hydrogen-bond donors (Lipinski definition) is 0. The zero-order valence-electron chi connectivity index (χ0n) is 7.32. The molecule has 2 nitrogen and oxygen atoms in total. The number of nitrogens with zero attached hydrogens (tertiary/aromatic N) is 2. The van der Waals surface area contributed by atoms with Crippen LogP contribution in [0, 0.1) is 0 Å². The van der Waals surface area contributed by atoms with Gasteiger partial charge in [-0.05, 0) is 25.4 Å². The van der Waals surface area contributed by atoms with Crippen LogP contribution in [0.3, 0.4) is 0 Å². The average molecular weight is 264 g/mol. The lowest BCUT2D eigenvalue weighted by Gasteiger charge is -2.17. The smallest absolute Gasteiger partial charge is 0.200 e. The second kappa shape index (κ2) is 6.77. The third-order valence-electron chi connectivity index (χ3n) is 1.37. The molecule has 0 spiro atoms. The fourth-order valence-electron chi connectivity index (χ4n) is 0.679. The van der Waals surface area contributed by atoms with E-state index in [1.54, 1.807) is 0 Å². The van der Waals surface area contributed by atoms with Crippen LogP contribution in [0.1, 0.15) is 13.8 Å². The van der Waals surface area contributed by atoms with E-state index >= 15 is 0 Å². The molecule has 0 radical (unpaired) electrons. The Bertz CT molecular complexity index is 217. The minimum absolute atomic E-state index is 0.000216. The van der Waals surface area contributed by atoms with Gasteiger partial charge in [-0.1, -0.05) is 34.8 Å². The quantitative estimate of drug-likeness (QED) is 0.430. The van der Waals surface area contributed by atoms with E-state index in [9.17, 15) is 0 Å². The summed E-state index contributed by atoms with van der Waals surface area (Å²) in [6.45, 7) is 5.43. The second-order valence-corrected chi connectivity index (χ2v) is 3.75. The molecule has 13 heavy (non-hydrogen) atoms. The number of aliphatic imine (C=N–C) groups is 1.